The quantitative estimate of drug-likeness (QED) is 0.874. The highest BCUT2D eigenvalue weighted by atomic mass is 32.2. The number of benzene rings is 2. The van der Waals surface area contributed by atoms with Crippen molar-refractivity contribution in [3.63, 3.8) is 0 Å². The Balaban J connectivity index is 2.39. The second kappa shape index (κ2) is 7.33. The number of aliphatic hydroxyl groups is 1. The van der Waals surface area contributed by atoms with Gasteiger partial charge in [0.05, 0.1) is 18.2 Å². The first kappa shape index (κ1) is 17.1. The number of aliphatic hydroxyl groups excluding tert-OH is 1. The molecule has 2 rings (SSSR count). The third-order valence-corrected chi connectivity index (χ3v) is 5.11. The minimum atomic E-state index is -4.13. The van der Waals surface area contributed by atoms with Crippen molar-refractivity contribution in [3.05, 3.63) is 65.5 Å². The van der Waals surface area contributed by atoms with E-state index in [1.807, 2.05) is 0 Å². The first-order valence-electron chi connectivity index (χ1n) is 6.83. The number of halogens is 1. The van der Waals surface area contributed by atoms with Crippen molar-refractivity contribution in [1.82, 2.24) is 4.31 Å². The van der Waals surface area contributed by atoms with Gasteiger partial charge in [0.2, 0.25) is 10.0 Å². The average molecular weight is 334 g/mol. The maximum atomic E-state index is 14.1. The topological polar surface area (TPSA) is 81.4 Å². The molecule has 0 aliphatic carbocycles. The van der Waals surface area contributed by atoms with Gasteiger partial charge in [0.15, 0.2) is 0 Å². The molecule has 0 saturated heterocycles. The van der Waals surface area contributed by atoms with E-state index in [0.717, 1.165) is 22.0 Å². The molecular formula is C16H15FN2O3S. The summed E-state index contributed by atoms with van der Waals surface area (Å²) in [5.41, 5.74) is 0.761. The Kier molecular flexibility index (Phi) is 5.45. The molecule has 0 aromatic heterocycles. The third-order valence-electron chi connectivity index (χ3n) is 3.23. The average Bonchev–Trinajstić information content (AvgIpc) is 2.55. The molecule has 0 aliphatic heterocycles. The number of nitrogens with zero attached hydrogens (tertiary/aromatic N) is 2. The van der Waals surface area contributed by atoms with Crippen molar-refractivity contribution in [3.8, 4) is 6.07 Å². The van der Waals surface area contributed by atoms with Crippen LogP contribution in [0.1, 0.15) is 11.1 Å². The van der Waals surface area contributed by atoms with E-state index < -0.39 is 20.7 Å². The molecular weight excluding hydrogens is 319 g/mol. The van der Waals surface area contributed by atoms with E-state index in [9.17, 15) is 12.8 Å². The van der Waals surface area contributed by atoms with Crippen LogP contribution in [-0.4, -0.2) is 31.0 Å². The molecule has 2 aromatic carbocycles. The van der Waals surface area contributed by atoms with Crippen molar-refractivity contribution in [2.24, 2.45) is 0 Å². The Hall–Kier alpha value is -2.27. The van der Waals surface area contributed by atoms with E-state index in [0.29, 0.717) is 0 Å². The molecule has 0 bridgehead atoms. The molecule has 0 radical (unpaired) electrons. The van der Waals surface area contributed by atoms with Gasteiger partial charge in [0.25, 0.3) is 0 Å². The molecule has 7 heteroatoms. The van der Waals surface area contributed by atoms with Crippen LogP contribution < -0.4 is 0 Å². The van der Waals surface area contributed by atoms with Crippen LogP contribution in [0.4, 0.5) is 4.39 Å². The van der Waals surface area contributed by atoms with Crippen molar-refractivity contribution < 1.29 is 17.9 Å². The zero-order valence-electron chi connectivity index (χ0n) is 12.2. The van der Waals surface area contributed by atoms with Gasteiger partial charge in [0.1, 0.15) is 10.7 Å². The summed E-state index contributed by atoms with van der Waals surface area (Å²) in [6, 6.07) is 13.8. The first-order valence-corrected chi connectivity index (χ1v) is 8.27. The number of hydrogen-bond acceptors (Lipinski definition) is 4. The number of sulfonamides is 1. The number of hydrogen-bond donors (Lipinski definition) is 1. The van der Waals surface area contributed by atoms with Crippen LogP contribution in [0.25, 0.3) is 0 Å². The Labute approximate surface area is 134 Å². The Morgan fingerprint density at radius 1 is 1.17 bits per heavy atom. The van der Waals surface area contributed by atoms with E-state index >= 15 is 0 Å². The molecule has 0 fully saturated rings. The summed E-state index contributed by atoms with van der Waals surface area (Å²) in [4.78, 5) is -0.513. The first-order chi connectivity index (χ1) is 11.0. The Bertz CT molecular complexity index is 817. The van der Waals surface area contributed by atoms with Gasteiger partial charge in [0, 0.05) is 13.1 Å². The predicted octanol–water partition coefficient (Wildman–Crippen LogP) is 1.88. The van der Waals surface area contributed by atoms with Crippen LogP contribution in [-0.2, 0) is 16.6 Å². The third kappa shape index (κ3) is 3.93. The summed E-state index contributed by atoms with van der Waals surface area (Å²) in [6.07, 6.45) is 0. The lowest BCUT2D eigenvalue weighted by Gasteiger charge is -2.21. The van der Waals surface area contributed by atoms with E-state index in [1.165, 1.54) is 6.07 Å². The van der Waals surface area contributed by atoms with Crippen molar-refractivity contribution in [1.29, 1.82) is 5.26 Å². The van der Waals surface area contributed by atoms with Crippen LogP contribution in [0, 0.1) is 17.1 Å². The number of rotatable bonds is 6. The lowest BCUT2D eigenvalue weighted by atomic mass is 10.2. The fraction of sp³-hybridized carbons (Fsp3) is 0.188. The highest BCUT2D eigenvalue weighted by Gasteiger charge is 2.27. The molecule has 0 saturated carbocycles. The van der Waals surface area contributed by atoms with Crippen molar-refractivity contribution in [2.45, 2.75) is 11.4 Å². The van der Waals surface area contributed by atoms with E-state index in [-0.39, 0.29) is 25.3 Å². The smallest absolute Gasteiger partial charge is 0.246 e. The SMILES string of the molecule is N#Cc1ccc(S(=O)(=O)N(CCO)Cc2ccccc2)c(F)c1. The van der Waals surface area contributed by atoms with E-state index in [1.54, 1.807) is 36.4 Å². The monoisotopic (exact) mass is 334 g/mol. The summed E-state index contributed by atoms with van der Waals surface area (Å²) in [6.45, 7) is -0.524. The molecule has 120 valence electrons. The summed E-state index contributed by atoms with van der Waals surface area (Å²) in [7, 11) is -4.13. The second-order valence-electron chi connectivity index (χ2n) is 4.80. The summed E-state index contributed by atoms with van der Waals surface area (Å²) >= 11 is 0. The molecule has 0 aliphatic rings. The van der Waals surface area contributed by atoms with Gasteiger partial charge in [-0.25, -0.2) is 12.8 Å². The Morgan fingerprint density at radius 2 is 1.87 bits per heavy atom. The fourth-order valence-electron chi connectivity index (χ4n) is 2.10. The predicted molar refractivity (Wildman–Crippen MR) is 82.2 cm³/mol. The second-order valence-corrected chi connectivity index (χ2v) is 6.71. The largest absolute Gasteiger partial charge is 0.395 e. The van der Waals surface area contributed by atoms with Crippen LogP contribution in [0.5, 0.6) is 0 Å². The Morgan fingerprint density at radius 3 is 2.43 bits per heavy atom. The standard InChI is InChI=1S/C16H15FN2O3S/c17-15-10-14(11-18)6-7-16(15)23(21,22)19(8-9-20)12-13-4-2-1-3-5-13/h1-7,10,20H,8-9,12H2. The van der Waals surface area contributed by atoms with Gasteiger partial charge in [-0.1, -0.05) is 30.3 Å². The normalized spacial score (nSPS) is 11.4. The maximum Gasteiger partial charge on any atom is 0.246 e. The molecule has 0 atom stereocenters. The van der Waals surface area contributed by atoms with E-state index in [2.05, 4.69) is 0 Å². The molecule has 0 unspecified atom stereocenters. The van der Waals surface area contributed by atoms with Gasteiger partial charge in [-0.15, -0.1) is 0 Å². The molecule has 1 N–H and O–H groups in total. The zero-order chi connectivity index (χ0) is 16.9. The van der Waals surface area contributed by atoms with E-state index in [4.69, 9.17) is 10.4 Å². The van der Waals surface area contributed by atoms with Gasteiger partial charge in [-0.2, -0.15) is 9.57 Å². The summed E-state index contributed by atoms with van der Waals surface area (Å²) < 4.78 is 40.3. The minimum Gasteiger partial charge on any atom is -0.395 e. The lowest BCUT2D eigenvalue weighted by molar-refractivity contribution is 0.250. The van der Waals surface area contributed by atoms with Gasteiger partial charge in [-0.3, -0.25) is 0 Å². The van der Waals surface area contributed by atoms with Crippen LogP contribution in [0.3, 0.4) is 0 Å². The minimum absolute atomic E-state index is 0.0170. The van der Waals surface area contributed by atoms with Crippen molar-refractivity contribution >= 4 is 10.0 Å². The lowest BCUT2D eigenvalue weighted by Crippen LogP contribution is -2.33. The van der Waals surface area contributed by atoms with Gasteiger partial charge in [-0.05, 0) is 23.8 Å². The van der Waals surface area contributed by atoms with Crippen LogP contribution >= 0.6 is 0 Å². The van der Waals surface area contributed by atoms with Crippen LogP contribution in [0.2, 0.25) is 0 Å². The highest BCUT2D eigenvalue weighted by molar-refractivity contribution is 7.89. The fourth-order valence-corrected chi connectivity index (χ4v) is 3.57. The molecule has 0 heterocycles. The highest BCUT2D eigenvalue weighted by Crippen LogP contribution is 2.22. The van der Waals surface area contributed by atoms with Gasteiger partial charge < -0.3 is 5.11 Å². The summed E-state index contributed by atoms with van der Waals surface area (Å²) in [5, 5.41) is 17.9. The van der Waals surface area contributed by atoms with Crippen LogP contribution in [0.15, 0.2) is 53.4 Å². The molecule has 2 aromatic rings. The van der Waals surface area contributed by atoms with Gasteiger partial charge >= 0.3 is 0 Å². The number of nitriles is 1. The maximum absolute atomic E-state index is 14.1. The van der Waals surface area contributed by atoms with Crippen molar-refractivity contribution in [2.75, 3.05) is 13.2 Å². The molecule has 0 spiro atoms. The zero-order valence-corrected chi connectivity index (χ0v) is 13.0. The summed E-state index contributed by atoms with van der Waals surface area (Å²) in [5.74, 6) is -0.986. The molecule has 23 heavy (non-hydrogen) atoms. The molecule has 5 nitrogen and oxygen atoms in total. The molecule has 0 amide bonds.